The second-order valence-electron chi connectivity index (χ2n) is 13.5. The van der Waals surface area contributed by atoms with Crippen LogP contribution in [0.3, 0.4) is 0 Å². The molecular formula is C33H57N5O14. The highest BCUT2D eigenvalue weighted by Crippen LogP contribution is 2.32. The van der Waals surface area contributed by atoms with Gasteiger partial charge in [0.05, 0.1) is 44.8 Å². The molecule has 298 valence electrons. The van der Waals surface area contributed by atoms with E-state index in [0.29, 0.717) is 44.4 Å². The lowest BCUT2D eigenvalue weighted by atomic mass is 9.88. The molecule has 0 aliphatic carbocycles. The van der Waals surface area contributed by atoms with Crippen LogP contribution in [0.5, 0.6) is 0 Å². The molecule has 0 aromatic carbocycles. The standard InChI is InChI=1S/C33H57N5O14/c1-17(2)25-21(39)22(40)27(29(50-25)31(44)37-9-7-11-49-32(45)18(3)4)51-33-24(42)23(41)26(46-5)28(52-33)30(43)36-8-6-10-38(35)12-20(34)16-48-15-19-13-47-14-19/h12,17,19,21-29,33,39-42H,3,6-11,13-16,34-35H2,1-2,4-5H3,(H,36,43)(H,37,44)/b20-12-. The van der Waals surface area contributed by atoms with Crippen LogP contribution in [-0.4, -0.2) is 164 Å². The molecule has 3 heterocycles. The second-order valence-corrected chi connectivity index (χ2v) is 13.5. The van der Waals surface area contributed by atoms with Crippen molar-refractivity contribution in [3.05, 3.63) is 24.0 Å². The highest BCUT2D eigenvalue weighted by molar-refractivity contribution is 5.87. The molecule has 0 aromatic rings. The number of nitrogens with one attached hydrogen (secondary N) is 2. The highest BCUT2D eigenvalue weighted by atomic mass is 16.7. The van der Waals surface area contributed by atoms with E-state index < -0.39 is 79.0 Å². The Balaban J connectivity index is 1.60. The van der Waals surface area contributed by atoms with Crippen molar-refractivity contribution >= 4 is 17.8 Å². The van der Waals surface area contributed by atoms with Crippen LogP contribution in [-0.2, 0) is 47.5 Å². The van der Waals surface area contributed by atoms with Crippen LogP contribution in [0.4, 0.5) is 0 Å². The molecule has 3 aliphatic heterocycles. The summed E-state index contributed by atoms with van der Waals surface area (Å²) in [6.07, 6.45) is -13.3. The van der Waals surface area contributed by atoms with E-state index in [1.54, 1.807) is 13.8 Å². The third kappa shape index (κ3) is 12.3. The number of hydrazine groups is 1. The van der Waals surface area contributed by atoms with Gasteiger partial charge in [0.2, 0.25) is 0 Å². The van der Waals surface area contributed by atoms with E-state index in [0.717, 1.165) is 0 Å². The second kappa shape index (κ2) is 21.1. The molecule has 0 saturated carbocycles. The lowest BCUT2D eigenvalue weighted by Crippen LogP contribution is -2.67. The summed E-state index contributed by atoms with van der Waals surface area (Å²) in [5, 5.41) is 50.5. The molecule has 2 amide bonds. The molecule has 3 rings (SSSR count). The predicted octanol–water partition coefficient (Wildman–Crippen LogP) is -3.25. The highest BCUT2D eigenvalue weighted by Gasteiger charge is 2.54. The number of methoxy groups -OCH3 is 1. The van der Waals surface area contributed by atoms with Crippen molar-refractivity contribution in [2.24, 2.45) is 23.4 Å². The smallest absolute Gasteiger partial charge is 0.333 e. The van der Waals surface area contributed by atoms with Crippen molar-refractivity contribution in [3.8, 4) is 0 Å². The van der Waals surface area contributed by atoms with Crippen LogP contribution in [0.25, 0.3) is 0 Å². The van der Waals surface area contributed by atoms with E-state index >= 15 is 0 Å². The van der Waals surface area contributed by atoms with Crippen molar-refractivity contribution in [1.29, 1.82) is 0 Å². The first-order valence-electron chi connectivity index (χ1n) is 17.4. The zero-order valence-electron chi connectivity index (χ0n) is 30.3. The van der Waals surface area contributed by atoms with Crippen LogP contribution in [0.1, 0.15) is 33.6 Å². The third-order valence-corrected chi connectivity index (χ3v) is 8.66. The van der Waals surface area contributed by atoms with Gasteiger partial charge in [-0.25, -0.2) is 10.6 Å². The lowest BCUT2D eigenvalue weighted by Gasteiger charge is -2.47. The van der Waals surface area contributed by atoms with Gasteiger partial charge in [0.15, 0.2) is 18.5 Å². The Hall–Kier alpha value is -2.95. The molecule has 0 aromatic heterocycles. The van der Waals surface area contributed by atoms with Crippen LogP contribution in [0, 0.1) is 11.8 Å². The number of carbonyl (C=O) groups is 3. The Morgan fingerprint density at radius 3 is 2.15 bits per heavy atom. The molecule has 10 unspecified atom stereocenters. The number of rotatable bonds is 20. The molecule has 3 saturated heterocycles. The zero-order valence-corrected chi connectivity index (χ0v) is 30.3. The van der Waals surface area contributed by atoms with Crippen LogP contribution in [0.15, 0.2) is 24.0 Å². The zero-order chi connectivity index (χ0) is 38.5. The Morgan fingerprint density at radius 2 is 1.58 bits per heavy atom. The maximum atomic E-state index is 13.3. The number of amides is 2. The van der Waals surface area contributed by atoms with Crippen LogP contribution >= 0.6 is 0 Å². The molecule has 3 aliphatic rings. The SMILES string of the molecule is C=C(C)C(=O)OCCCNC(=O)C1OC(C(C)C)C(O)C(O)C1OC1OC(C(=O)NCCCN(N)/C=C(\N)COCC2COC2)C(OC)C(O)C1O. The molecule has 0 radical (unpaired) electrons. The fourth-order valence-electron chi connectivity index (χ4n) is 5.67. The van der Waals surface area contributed by atoms with Crippen molar-refractivity contribution < 1.29 is 68.0 Å². The molecule has 10 atom stereocenters. The lowest BCUT2D eigenvalue weighted by molar-refractivity contribution is -0.333. The number of hydrogen-bond donors (Lipinski definition) is 8. The van der Waals surface area contributed by atoms with Gasteiger partial charge < -0.3 is 75.0 Å². The Morgan fingerprint density at radius 1 is 0.962 bits per heavy atom. The van der Waals surface area contributed by atoms with Crippen molar-refractivity contribution in [1.82, 2.24) is 15.6 Å². The van der Waals surface area contributed by atoms with Gasteiger partial charge in [-0.05, 0) is 25.7 Å². The summed E-state index contributed by atoms with van der Waals surface area (Å²) >= 11 is 0. The van der Waals surface area contributed by atoms with E-state index in [-0.39, 0.29) is 44.2 Å². The molecule has 10 N–H and O–H groups in total. The van der Waals surface area contributed by atoms with Gasteiger partial charge in [0.25, 0.3) is 11.8 Å². The minimum atomic E-state index is -1.80. The fraction of sp³-hybridized carbons (Fsp3) is 0.788. The summed E-state index contributed by atoms with van der Waals surface area (Å²) in [6.45, 7) is 11.0. The summed E-state index contributed by atoms with van der Waals surface area (Å²) in [5.74, 6) is 4.02. The Kier molecular flexibility index (Phi) is 17.6. The van der Waals surface area contributed by atoms with E-state index in [1.165, 1.54) is 25.2 Å². The summed E-state index contributed by atoms with van der Waals surface area (Å²) in [6, 6.07) is 0. The van der Waals surface area contributed by atoms with Crippen LogP contribution < -0.4 is 22.2 Å². The van der Waals surface area contributed by atoms with Gasteiger partial charge >= 0.3 is 5.97 Å². The Bertz CT molecular complexity index is 1210. The number of carbonyl (C=O) groups excluding carboxylic acids is 3. The number of aliphatic hydroxyl groups excluding tert-OH is 4. The molecule has 0 spiro atoms. The maximum absolute atomic E-state index is 13.3. The molecule has 19 heteroatoms. The largest absolute Gasteiger partial charge is 0.462 e. The summed E-state index contributed by atoms with van der Waals surface area (Å²) < 4.78 is 38.5. The number of esters is 1. The molecule has 52 heavy (non-hydrogen) atoms. The summed E-state index contributed by atoms with van der Waals surface area (Å²) in [5.41, 5.74) is 6.62. The van der Waals surface area contributed by atoms with Crippen molar-refractivity contribution in [2.45, 2.75) is 94.8 Å². The quantitative estimate of drug-likeness (QED) is 0.0200. The summed E-state index contributed by atoms with van der Waals surface area (Å²) in [4.78, 5) is 38.2. The van der Waals surface area contributed by atoms with Gasteiger partial charge in [-0.2, -0.15) is 0 Å². The number of hydrogen-bond acceptors (Lipinski definition) is 17. The number of nitrogens with two attached hydrogens (primary N) is 2. The summed E-state index contributed by atoms with van der Waals surface area (Å²) in [7, 11) is 1.22. The van der Waals surface area contributed by atoms with E-state index in [4.69, 9.17) is 44.7 Å². The van der Waals surface area contributed by atoms with Gasteiger partial charge in [-0.3, -0.25) is 9.59 Å². The predicted molar refractivity (Wildman–Crippen MR) is 181 cm³/mol. The minimum absolute atomic E-state index is 0.000174. The average molecular weight is 748 g/mol. The van der Waals surface area contributed by atoms with Gasteiger partial charge in [0, 0.05) is 44.4 Å². The molecule has 19 nitrogen and oxygen atoms in total. The number of nitrogens with zero attached hydrogens (tertiary/aromatic N) is 1. The molecule has 3 fully saturated rings. The fourth-order valence-corrected chi connectivity index (χ4v) is 5.67. The Labute approximate surface area is 303 Å². The first-order chi connectivity index (χ1) is 24.7. The van der Waals surface area contributed by atoms with E-state index in [9.17, 15) is 34.8 Å². The van der Waals surface area contributed by atoms with Crippen molar-refractivity contribution in [2.75, 3.05) is 59.8 Å². The van der Waals surface area contributed by atoms with E-state index in [2.05, 4.69) is 17.2 Å². The number of aliphatic hydroxyl groups is 4. The van der Waals surface area contributed by atoms with Crippen molar-refractivity contribution in [3.63, 3.8) is 0 Å². The van der Waals surface area contributed by atoms with E-state index in [1.807, 2.05) is 0 Å². The first kappa shape index (κ1) is 43.5. The minimum Gasteiger partial charge on any atom is -0.462 e. The molecular weight excluding hydrogens is 690 g/mol. The normalized spacial score (nSPS) is 31.1. The third-order valence-electron chi connectivity index (χ3n) is 8.66. The average Bonchev–Trinajstić information content (AvgIpc) is 3.07. The topological polar surface area (TPSA) is 276 Å². The van der Waals surface area contributed by atoms with Gasteiger partial charge in [-0.1, -0.05) is 20.4 Å². The number of ether oxygens (including phenoxy) is 7. The first-order valence-corrected chi connectivity index (χ1v) is 17.4. The monoisotopic (exact) mass is 747 g/mol. The van der Waals surface area contributed by atoms with Gasteiger partial charge in [-0.15, -0.1) is 0 Å². The maximum Gasteiger partial charge on any atom is 0.333 e. The molecule has 0 bridgehead atoms. The van der Waals surface area contributed by atoms with Gasteiger partial charge in [0.1, 0.15) is 36.6 Å². The van der Waals surface area contributed by atoms with Crippen LogP contribution in [0.2, 0.25) is 0 Å².